The highest BCUT2D eigenvalue weighted by molar-refractivity contribution is 5.92. The lowest BCUT2D eigenvalue weighted by Gasteiger charge is -2.29. The zero-order valence-corrected chi connectivity index (χ0v) is 19.6. The molecule has 0 saturated carbocycles. The molecule has 0 spiro atoms. The molecule has 6 nitrogen and oxygen atoms in total. The van der Waals surface area contributed by atoms with E-state index >= 15 is 0 Å². The Bertz CT molecular complexity index is 1160. The van der Waals surface area contributed by atoms with E-state index in [1.54, 1.807) is 48.5 Å². The fourth-order valence-electron chi connectivity index (χ4n) is 4.43. The number of carbonyl (C=O) groups excluding carboxylic acids is 3. The number of allylic oxidation sites excluding steroid dienone is 1. The molecule has 4 atom stereocenters. The largest absolute Gasteiger partial charge is 0.458 e. The quantitative estimate of drug-likeness (QED) is 0.263. The minimum atomic E-state index is -0.733. The van der Waals surface area contributed by atoms with Gasteiger partial charge in [0.2, 0.25) is 0 Å². The average Bonchev–Trinajstić information content (AvgIpc) is 3.14. The van der Waals surface area contributed by atoms with Gasteiger partial charge in [0.1, 0.15) is 18.3 Å². The molecule has 4 rings (SSSR count). The second-order valence-corrected chi connectivity index (χ2v) is 8.90. The Morgan fingerprint density at radius 2 is 1.49 bits per heavy atom. The summed E-state index contributed by atoms with van der Waals surface area (Å²) in [5.74, 6) is -2.03. The third-order valence-corrected chi connectivity index (χ3v) is 6.36. The number of esters is 3. The molecule has 35 heavy (non-hydrogen) atoms. The van der Waals surface area contributed by atoms with Crippen LogP contribution in [0.1, 0.15) is 46.9 Å². The first-order chi connectivity index (χ1) is 16.8. The predicted octanol–water partition coefficient (Wildman–Crippen LogP) is 5.22. The van der Waals surface area contributed by atoms with Crippen LogP contribution in [0.5, 0.6) is 0 Å². The highest BCUT2D eigenvalue weighted by atomic mass is 16.6. The van der Waals surface area contributed by atoms with Gasteiger partial charge >= 0.3 is 17.9 Å². The summed E-state index contributed by atoms with van der Waals surface area (Å²) < 4.78 is 17.3. The summed E-state index contributed by atoms with van der Waals surface area (Å²) in [6, 6.07) is 17.5. The SMILES string of the molecule is C=C1CC2OC(=O)C(=C)C2C(OC(=O)c2ccccc2)C=C(C)CCC1OC(=O)c1ccccc1. The molecule has 180 valence electrons. The van der Waals surface area contributed by atoms with Crippen molar-refractivity contribution in [1.82, 2.24) is 0 Å². The minimum absolute atomic E-state index is 0.246. The Hall–Kier alpha value is -3.93. The third kappa shape index (κ3) is 5.60. The van der Waals surface area contributed by atoms with E-state index in [0.29, 0.717) is 29.5 Å². The van der Waals surface area contributed by atoms with E-state index in [1.165, 1.54) is 0 Å². The molecule has 1 saturated heterocycles. The molecule has 2 aromatic rings. The van der Waals surface area contributed by atoms with Crippen LogP contribution in [0.25, 0.3) is 0 Å². The van der Waals surface area contributed by atoms with E-state index < -0.39 is 42.1 Å². The molecule has 4 unspecified atom stereocenters. The number of benzene rings is 2. The van der Waals surface area contributed by atoms with Gasteiger partial charge in [0.05, 0.1) is 17.0 Å². The highest BCUT2D eigenvalue weighted by Crippen LogP contribution is 2.38. The Morgan fingerprint density at radius 1 is 0.914 bits per heavy atom. The normalized spacial score (nSPS) is 24.6. The fourth-order valence-corrected chi connectivity index (χ4v) is 4.43. The van der Waals surface area contributed by atoms with E-state index in [9.17, 15) is 14.4 Å². The average molecular weight is 473 g/mol. The number of hydrogen-bond acceptors (Lipinski definition) is 6. The Balaban J connectivity index is 1.59. The number of carbonyl (C=O) groups is 3. The van der Waals surface area contributed by atoms with Crippen molar-refractivity contribution < 1.29 is 28.6 Å². The molecule has 1 heterocycles. The molecule has 0 N–H and O–H groups in total. The topological polar surface area (TPSA) is 78.9 Å². The first-order valence-corrected chi connectivity index (χ1v) is 11.6. The van der Waals surface area contributed by atoms with Crippen molar-refractivity contribution in [1.29, 1.82) is 0 Å². The summed E-state index contributed by atoms with van der Waals surface area (Å²) in [6.07, 6.45) is 1.26. The maximum absolute atomic E-state index is 12.8. The summed E-state index contributed by atoms with van der Waals surface area (Å²) in [6.45, 7) is 10.00. The molecule has 1 fully saturated rings. The molecular formula is C29H28O6. The summed E-state index contributed by atoms with van der Waals surface area (Å²) in [5.41, 5.74) is 2.68. The van der Waals surface area contributed by atoms with Crippen LogP contribution in [0.4, 0.5) is 0 Å². The lowest BCUT2D eigenvalue weighted by atomic mass is 9.84. The Morgan fingerprint density at radius 3 is 2.09 bits per heavy atom. The predicted molar refractivity (Wildman–Crippen MR) is 131 cm³/mol. The van der Waals surface area contributed by atoms with Gasteiger partial charge in [0, 0.05) is 12.0 Å². The zero-order valence-electron chi connectivity index (χ0n) is 19.6. The van der Waals surface area contributed by atoms with Gasteiger partial charge in [-0.15, -0.1) is 0 Å². The van der Waals surface area contributed by atoms with Crippen LogP contribution in [0.3, 0.4) is 0 Å². The van der Waals surface area contributed by atoms with Crippen LogP contribution in [0.2, 0.25) is 0 Å². The molecule has 0 radical (unpaired) electrons. The smallest absolute Gasteiger partial charge is 0.338 e. The van der Waals surface area contributed by atoms with Crippen LogP contribution >= 0.6 is 0 Å². The number of hydrogen-bond donors (Lipinski definition) is 0. The van der Waals surface area contributed by atoms with Gasteiger partial charge in [-0.1, -0.05) is 55.1 Å². The van der Waals surface area contributed by atoms with Crippen molar-refractivity contribution in [2.24, 2.45) is 5.92 Å². The third-order valence-electron chi connectivity index (χ3n) is 6.36. The van der Waals surface area contributed by atoms with E-state index in [2.05, 4.69) is 13.2 Å². The molecule has 0 aromatic heterocycles. The number of rotatable bonds is 4. The van der Waals surface area contributed by atoms with Crippen molar-refractivity contribution in [3.63, 3.8) is 0 Å². The van der Waals surface area contributed by atoms with Gasteiger partial charge in [-0.25, -0.2) is 14.4 Å². The van der Waals surface area contributed by atoms with Crippen LogP contribution < -0.4 is 0 Å². The molecular weight excluding hydrogens is 444 g/mol. The van der Waals surface area contributed by atoms with Crippen molar-refractivity contribution in [2.75, 3.05) is 0 Å². The summed E-state index contributed by atoms with van der Waals surface area (Å²) in [7, 11) is 0. The second kappa shape index (κ2) is 10.6. The monoisotopic (exact) mass is 472 g/mol. The molecule has 0 bridgehead atoms. The molecule has 6 heteroatoms. The lowest BCUT2D eigenvalue weighted by molar-refractivity contribution is -0.139. The second-order valence-electron chi connectivity index (χ2n) is 8.90. The summed E-state index contributed by atoms with van der Waals surface area (Å²) in [5, 5.41) is 0. The molecule has 2 aromatic carbocycles. The number of ether oxygens (including phenoxy) is 3. The van der Waals surface area contributed by atoms with Crippen LogP contribution in [0, 0.1) is 5.92 Å². The number of fused-ring (bicyclic) bond motifs is 1. The summed E-state index contributed by atoms with van der Waals surface area (Å²) >= 11 is 0. The standard InChI is InChI=1S/C29H28O6/c1-18-14-15-23(33-28(31)21-10-6-4-7-11-21)19(2)17-25-26(20(3)27(30)34-25)24(16-18)35-29(32)22-12-8-5-9-13-22/h4-13,16,23-26H,2-3,14-15,17H2,1H3. The first kappa shape index (κ1) is 24.2. The zero-order chi connectivity index (χ0) is 24.9. The van der Waals surface area contributed by atoms with Gasteiger partial charge in [-0.05, 0) is 55.7 Å². The maximum atomic E-state index is 12.8. The van der Waals surface area contributed by atoms with Crippen molar-refractivity contribution in [3.05, 3.63) is 108 Å². The van der Waals surface area contributed by atoms with Gasteiger partial charge in [0.15, 0.2) is 0 Å². The minimum Gasteiger partial charge on any atom is -0.458 e. The van der Waals surface area contributed by atoms with Crippen molar-refractivity contribution in [2.45, 2.75) is 44.5 Å². The van der Waals surface area contributed by atoms with Crippen molar-refractivity contribution >= 4 is 17.9 Å². The lowest BCUT2D eigenvalue weighted by Crippen LogP contribution is -2.34. The van der Waals surface area contributed by atoms with Crippen LogP contribution in [0.15, 0.2) is 96.6 Å². The van der Waals surface area contributed by atoms with E-state index in [1.807, 2.05) is 25.1 Å². The Kier molecular flexibility index (Phi) is 7.30. The fraction of sp³-hybridized carbons (Fsp3) is 0.276. The van der Waals surface area contributed by atoms with Crippen LogP contribution in [-0.4, -0.2) is 36.2 Å². The van der Waals surface area contributed by atoms with Gasteiger partial charge < -0.3 is 14.2 Å². The van der Waals surface area contributed by atoms with Gasteiger partial charge in [0.25, 0.3) is 0 Å². The molecule has 1 aliphatic heterocycles. The Labute approximate surface area is 204 Å². The van der Waals surface area contributed by atoms with E-state index in [0.717, 1.165) is 5.57 Å². The van der Waals surface area contributed by atoms with E-state index in [4.69, 9.17) is 14.2 Å². The first-order valence-electron chi connectivity index (χ1n) is 11.6. The molecule has 0 amide bonds. The molecule has 2 aliphatic rings. The highest BCUT2D eigenvalue weighted by Gasteiger charge is 2.45. The van der Waals surface area contributed by atoms with Crippen molar-refractivity contribution in [3.8, 4) is 0 Å². The van der Waals surface area contributed by atoms with Gasteiger partial charge in [-0.2, -0.15) is 0 Å². The summed E-state index contributed by atoms with van der Waals surface area (Å²) in [4.78, 5) is 38.0. The van der Waals surface area contributed by atoms with Crippen LogP contribution in [-0.2, 0) is 19.0 Å². The van der Waals surface area contributed by atoms with Gasteiger partial charge in [-0.3, -0.25) is 0 Å². The van der Waals surface area contributed by atoms with E-state index in [-0.39, 0.29) is 12.0 Å². The molecule has 1 aliphatic carbocycles. The maximum Gasteiger partial charge on any atom is 0.338 e.